The predicted molar refractivity (Wildman–Crippen MR) is 106 cm³/mol. The highest BCUT2D eigenvalue weighted by Crippen LogP contribution is 2.29. The molecule has 0 unspecified atom stereocenters. The highest BCUT2D eigenvalue weighted by molar-refractivity contribution is 7.89. The van der Waals surface area contributed by atoms with Gasteiger partial charge in [0.1, 0.15) is 0 Å². The first-order chi connectivity index (χ1) is 13.0. The van der Waals surface area contributed by atoms with Crippen molar-refractivity contribution in [2.75, 3.05) is 20.7 Å². The van der Waals surface area contributed by atoms with E-state index in [1.807, 2.05) is 0 Å². The summed E-state index contributed by atoms with van der Waals surface area (Å²) in [5.41, 5.74) is 0.716. The fourth-order valence-corrected chi connectivity index (χ4v) is 4.36. The molecule has 0 aliphatic heterocycles. The van der Waals surface area contributed by atoms with E-state index in [4.69, 9.17) is 4.74 Å². The predicted octanol–water partition coefficient (Wildman–Crippen LogP) is 2.34. The molecule has 1 N–H and O–H groups in total. The zero-order chi connectivity index (χ0) is 21.1. The molecular weight excluding hydrogens is 380 g/mol. The Bertz CT molecular complexity index is 835. The van der Waals surface area contributed by atoms with E-state index in [1.165, 1.54) is 26.2 Å². The summed E-state index contributed by atoms with van der Waals surface area (Å²) in [7, 11) is -0.823. The van der Waals surface area contributed by atoms with Gasteiger partial charge in [-0.05, 0) is 42.9 Å². The summed E-state index contributed by atoms with van der Waals surface area (Å²) in [6, 6.07) is 4.37. The number of aryl methyl sites for hydroxylation is 1. The lowest BCUT2D eigenvalue weighted by atomic mass is 9.78. The molecule has 0 saturated heterocycles. The first-order valence-corrected chi connectivity index (χ1v) is 11.0. The number of nitrogens with zero attached hydrogens (tertiary/aromatic N) is 1. The Hall–Kier alpha value is -1.93. The minimum atomic E-state index is -3.67. The summed E-state index contributed by atoms with van der Waals surface area (Å²) in [4.78, 5) is 24.6. The second-order valence-corrected chi connectivity index (χ2v) is 9.93. The van der Waals surface area contributed by atoms with Gasteiger partial charge in [0.25, 0.3) is 5.91 Å². The minimum Gasteiger partial charge on any atom is -0.452 e. The number of esters is 1. The summed E-state index contributed by atoms with van der Waals surface area (Å²) in [6.45, 7) is 5.61. The second kappa shape index (κ2) is 9.05. The molecule has 1 aliphatic carbocycles. The topological polar surface area (TPSA) is 92.8 Å². The number of sulfonamides is 1. The Morgan fingerprint density at radius 2 is 1.89 bits per heavy atom. The molecule has 1 aromatic rings. The number of ether oxygens (including phenoxy) is 1. The van der Waals surface area contributed by atoms with E-state index in [0.29, 0.717) is 17.4 Å². The molecule has 7 nitrogen and oxygen atoms in total. The number of hydrogen-bond donors (Lipinski definition) is 1. The van der Waals surface area contributed by atoms with Crippen LogP contribution in [-0.4, -0.2) is 51.3 Å². The molecule has 0 aromatic heterocycles. The largest absolute Gasteiger partial charge is 0.452 e. The van der Waals surface area contributed by atoms with E-state index in [1.54, 1.807) is 13.0 Å². The lowest BCUT2D eigenvalue weighted by Gasteiger charge is -2.34. The molecule has 1 aliphatic rings. The Kier molecular flexibility index (Phi) is 7.22. The third kappa shape index (κ3) is 5.11. The Morgan fingerprint density at radius 1 is 1.21 bits per heavy atom. The third-order valence-electron chi connectivity index (χ3n) is 5.60. The Labute approximate surface area is 167 Å². The van der Waals surface area contributed by atoms with Gasteiger partial charge in [0.05, 0.1) is 10.5 Å². The average molecular weight is 411 g/mol. The molecule has 0 bridgehead atoms. The van der Waals surface area contributed by atoms with Gasteiger partial charge in [-0.1, -0.05) is 32.8 Å². The highest BCUT2D eigenvalue weighted by atomic mass is 32.2. The monoisotopic (exact) mass is 410 g/mol. The maximum absolute atomic E-state index is 12.4. The quantitative estimate of drug-likeness (QED) is 0.727. The fraction of sp³-hybridized carbons (Fsp3) is 0.600. The summed E-state index contributed by atoms with van der Waals surface area (Å²) >= 11 is 0. The molecule has 1 aromatic carbocycles. The van der Waals surface area contributed by atoms with Gasteiger partial charge in [0.15, 0.2) is 6.61 Å². The fourth-order valence-electron chi connectivity index (χ4n) is 3.44. The van der Waals surface area contributed by atoms with Crippen LogP contribution in [0.25, 0.3) is 0 Å². The summed E-state index contributed by atoms with van der Waals surface area (Å²) < 4.78 is 30.8. The molecule has 2 rings (SSSR count). The van der Waals surface area contributed by atoms with Crippen molar-refractivity contribution in [1.29, 1.82) is 0 Å². The molecule has 0 spiro atoms. The van der Waals surface area contributed by atoms with E-state index in [-0.39, 0.29) is 29.0 Å². The van der Waals surface area contributed by atoms with Crippen molar-refractivity contribution in [2.24, 2.45) is 11.8 Å². The number of rotatable bonds is 6. The van der Waals surface area contributed by atoms with E-state index < -0.39 is 16.0 Å². The van der Waals surface area contributed by atoms with Crippen molar-refractivity contribution in [3.63, 3.8) is 0 Å². The van der Waals surface area contributed by atoms with Crippen LogP contribution in [0, 0.1) is 18.8 Å². The molecule has 28 heavy (non-hydrogen) atoms. The van der Waals surface area contributed by atoms with Gasteiger partial charge in [0, 0.05) is 20.1 Å². The Balaban J connectivity index is 2.02. The number of hydrogen-bond acceptors (Lipinski definition) is 5. The smallest absolute Gasteiger partial charge is 0.338 e. The molecule has 1 saturated carbocycles. The van der Waals surface area contributed by atoms with Gasteiger partial charge in [-0.15, -0.1) is 0 Å². The normalized spacial score (nSPS) is 22.7. The van der Waals surface area contributed by atoms with Gasteiger partial charge in [-0.25, -0.2) is 17.5 Å². The van der Waals surface area contributed by atoms with Crippen LogP contribution in [0.5, 0.6) is 0 Å². The minimum absolute atomic E-state index is 0.00418. The van der Waals surface area contributed by atoms with E-state index in [9.17, 15) is 18.0 Å². The van der Waals surface area contributed by atoms with Crippen molar-refractivity contribution in [3.8, 4) is 0 Å². The number of nitrogens with one attached hydrogen (secondary N) is 1. The van der Waals surface area contributed by atoms with Crippen molar-refractivity contribution < 1.29 is 22.7 Å². The summed E-state index contributed by atoms with van der Waals surface area (Å²) in [5, 5.41) is 2.95. The molecule has 3 atom stereocenters. The van der Waals surface area contributed by atoms with Crippen LogP contribution in [0.15, 0.2) is 23.1 Å². The van der Waals surface area contributed by atoms with Gasteiger partial charge in [-0.3, -0.25) is 4.79 Å². The van der Waals surface area contributed by atoms with Crippen LogP contribution in [0.1, 0.15) is 49.0 Å². The maximum atomic E-state index is 12.4. The number of amides is 1. The summed E-state index contributed by atoms with van der Waals surface area (Å²) in [6.07, 6.45) is 3.16. The van der Waals surface area contributed by atoms with E-state index in [2.05, 4.69) is 19.2 Å². The lowest BCUT2D eigenvalue weighted by molar-refractivity contribution is -0.125. The lowest BCUT2D eigenvalue weighted by Crippen LogP contribution is -2.45. The van der Waals surface area contributed by atoms with Gasteiger partial charge >= 0.3 is 5.97 Å². The van der Waals surface area contributed by atoms with Crippen molar-refractivity contribution in [2.45, 2.75) is 51.0 Å². The zero-order valence-corrected chi connectivity index (χ0v) is 18.0. The number of carbonyl (C=O) groups excluding carboxylic acids is 2. The highest BCUT2D eigenvalue weighted by Gasteiger charge is 2.28. The third-order valence-corrected chi connectivity index (χ3v) is 7.41. The standard InChI is InChI=1S/C20H30N2O5S/c1-13-7-6-8-18(15(13)3)21-19(23)12-27-20(24)17-11-16(10-9-14(17)2)28(25,26)22(4)5/h9-11,13,15,18H,6-8,12H2,1-5H3,(H,21,23)/t13-,15+,18-/m1/s1. The molecule has 0 radical (unpaired) electrons. The average Bonchev–Trinajstić information content (AvgIpc) is 2.63. The molecule has 0 heterocycles. The second-order valence-electron chi connectivity index (χ2n) is 7.78. The van der Waals surface area contributed by atoms with Gasteiger partial charge < -0.3 is 10.1 Å². The molecule has 156 valence electrons. The number of benzene rings is 1. The number of carbonyl (C=O) groups is 2. The van der Waals surface area contributed by atoms with Gasteiger partial charge in [-0.2, -0.15) is 0 Å². The van der Waals surface area contributed by atoms with Crippen molar-refractivity contribution in [3.05, 3.63) is 29.3 Å². The molecular formula is C20H30N2O5S. The first-order valence-electron chi connectivity index (χ1n) is 9.53. The van der Waals surface area contributed by atoms with E-state index in [0.717, 1.165) is 23.6 Å². The Morgan fingerprint density at radius 3 is 2.54 bits per heavy atom. The van der Waals surface area contributed by atoms with Gasteiger partial charge in [0.2, 0.25) is 10.0 Å². The van der Waals surface area contributed by atoms with Crippen LogP contribution in [0.4, 0.5) is 0 Å². The van der Waals surface area contributed by atoms with Crippen LogP contribution < -0.4 is 5.32 Å². The SMILES string of the molecule is Cc1ccc(S(=O)(=O)N(C)C)cc1C(=O)OCC(=O)N[C@@H]1CCC[C@@H](C)[C@@H]1C. The van der Waals surface area contributed by atoms with Crippen molar-refractivity contribution in [1.82, 2.24) is 9.62 Å². The summed E-state index contributed by atoms with van der Waals surface area (Å²) in [5.74, 6) is -0.128. The van der Waals surface area contributed by atoms with Crippen LogP contribution >= 0.6 is 0 Å². The molecule has 8 heteroatoms. The van der Waals surface area contributed by atoms with E-state index >= 15 is 0 Å². The maximum Gasteiger partial charge on any atom is 0.338 e. The van der Waals surface area contributed by atoms with Crippen LogP contribution in [-0.2, 0) is 19.6 Å². The molecule has 1 fully saturated rings. The van der Waals surface area contributed by atoms with Crippen LogP contribution in [0.3, 0.4) is 0 Å². The molecule has 1 amide bonds. The van der Waals surface area contributed by atoms with Crippen molar-refractivity contribution >= 4 is 21.9 Å². The van der Waals surface area contributed by atoms with Crippen LogP contribution in [0.2, 0.25) is 0 Å². The first kappa shape index (κ1) is 22.4. The zero-order valence-electron chi connectivity index (χ0n) is 17.2.